The van der Waals surface area contributed by atoms with Crippen LogP contribution in [0.15, 0.2) is 143 Å². The summed E-state index contributed by atoms with van der Waals surface area (Å²) in [6.45, 7) is 0. The van der Waals surface area contributed by atoms with Crippen molar-refractivity contribution in [1.29, 1.82) is 0 Å². The summed E-state index contributed by atoms with van der Waals surface area (Å²) in [5, 5.41) is 3.59. The lowest BCUT2D eigenvalue weighted by Gasteiger charge is -2.33. The van der Waals surface area contributed by atoms with Gasteiger partial charge in [-0.1, -0.05) is 84.6 Å². The normalized spacial score (nSPS) is 12.5. The van der Waals surface area contributed by atoms with Crippen molar-refractivity contribution in [3.05, 3.63) is 133 Å². The molecule has 0 aliphatic carbocycles. The minimum atomic E-state index is 1.06. The Morgan fingerprint density at radius 2 is 1.23 bits per heavy atom. The maximum Gasteiger partial charge on any atom is 0.124 e. The summed E-state index contributed by atoms with van der Waals surface area (Å²) in [5.41, 5.74) is 8.23. The summed E-state index contributed by atoms with van der Waals surface area (Å²) in [7, 11) is 0. The van der Waals surface area contributed by atoms with Gasteiger partial charge in [0.1, 0.15) is 5.01 Å². The summed E-state index contributed by atoms with van der Waals surface area (Å²) in [6.07, 6.45) is 0. The number of para-hydroxylation sites is 2. The first-order valence-corrected chi connectivity index (χ1v) is 14.6. The molecule has 6 aromatic carbocycles. The monoisotopic (exact) mass is 534 g/mol. The highest BCUT2D eigenvalue weighted by atomic mass is 32.2. The van der Waals surface area contributed by atoms with Gasteiger partial charge in [-0.3, -0.25) is 0 Å². The standard InChI is InChI=1S/C35H22N2S2/c1-2-8-25-21-26(14-13-23(25)7-1)24-15-18-28(19-16-24)37-30-10-4-6-12-33(30)38-34-22-27(17-20-31(34)37)35-36-29-9-3-5-11-32(29)39-35/h1-22H. The third kappa shape index (κ3) is 3.92. The van der Waals surface area contributed by atoms with Gasteiger partial charge in [0.15, 0.2) is 0 Å². The van der Waals surface area contributed by atoms with Crippen molar-refractivity contribution in [3.8, 4) is 21.7 Å². The van der Waals surface area contributed by atoms with E-state index in [1.165, 1.54) is 47.8 Å². The summed E-state index contributed by atoms with van der Waals surface area (Å²) in [4.78, 5) is 9.78. The fraction of sp³-hybridized carbons (Fsp3) is 0. The SMILES string of the molecule is c1ccc2c(c1)Sc1cc(-c3nc4ccccc4s3)ccc1N2c1ccc(-c2ccc3ccccc3c2)cc1. The van der Waals surface area contributed by atoms with E-state index >= 15 is 0 Å². The Morgan fingerprint density at radius 1 is 0.513 bits per heavy atom. The third-order valence-corrected chi connectivity index (χ3v) is 9.47. The van der Waals surface area contributed by atoms with E-state index in [9.17, 15) is 0 Å². The molecule has 1 aliphatic rings. The fourth-order valence-electron chi connectivity index (χ4n) is 5.34. The number of fused-ring (bicyclic) bond motifs is 4. The summed E-state index contributed by atoms with van der Waals surface area (Å²) < 4.78 is 1.22. The molecule has 4 heteroatoms. The minimum Gasteiger partial charge on any atom is -0.308 e. The van der Waals surface area contributed by atoms with Crippen molar-refractivity contribution in [2.75, 3.05) is 4.90 Å². The predicted octanol–water partition coefficient (Wildman–Crippen LogP) is 10.7. The number of nitrogens with zero attached hydrogens (tertiary/aromatic N) is 2. The Labute approximate surface area is 235 Å². The van der Waals surface area contributed by atoms with E-state index in [0.29, 0.717) is 0 Å². The van der Waals surface area contributed by atoms with Crippen LogP contribution < -0.4 is 4.90 Å². The zero-order valence-electron chi connectivity index (χ0n) is 20.9. The maximum atomic E-state index is 4.91. The molecule has 2 nitrogen and oxygen atoms in total. The quantitative estimate of drug-likeness (QED) is 0.224. The highest BCUT2D eigenvalue weighted by Gasteiger charge is 2.25. The average Bonchev–Trinajstić information content (AvgIpc) is 3.44. The van der Waals surface area contributed by atoms with E-state index in [1.54, 1.807) is 11.3 Å². The van der Waals surface area contributed by atoms with Crippen LogP contribution in [0.5, 0.6) is 0 Å². The van der Waals surface area contributed by atoms with Gasteiger partial charge in [0.2, 0.25) is 0 Å². The van der Waals surface area contributed by atoms with Crippen molar-refractivity contribution in [2.24, 2.45) is 0 Å². The molecule has 8 rings (SSSR count). The molecular formula is C35H22N2S2. The van der Waals surface area contributed by atoms with Crippen molar-refractivity contribution < 1.29 is 0 Å². The van der Waals surface area contributed by atoms with E-state index in [-0.39, 0.29) is 0 Å². The lowest BCUT2D eigenvalue weighted by atomic mass is 10.0. The van der Waals surface area contributed by atoms with Crippen LogP contribution in [0.3, 0.4) is 0 Å². The van der Waals surface area contributed by atoms with Gasteiger partial charge in [-0.25, -0.2) is 4.98 Å². The maximum absolute atomic E-state index is 4.91. The summed E-state index contributed by atoms with van der Waals surface area (Å²) in [5.74, 6) is 0. The number of anilines is 3. The molecule has 0 amide bonds. The Morgan fingerprint density at radius 3 is 2.13 bits per heavy atom. The van der Waals surface area contributed by atoms with Crippen LogP contribution in [-0.2, 0) is 0 Å². The number of hydrogen-bond acceptors (Lipinski definition) is 4. The number of aromatic nitrogens is 1. The molecule has 184 valence electrons. The van der Waals surface area contributed by atoms with E-state index in [0.717, 1.165) is 21.8 Å². The molecule has 7 aromatic rings. The molecule has 0 radical (unpaired) electrons. The van der Waals surface area contributed by atoms with Crippen molar-refractivity contribution in [2.45, 2.75) is 9.79 Å². The van der Waals surface area contributed by atoms with E-state index in [4.69, 9.17) is 4.98 Å². The van der Waals surface area contributed by atoms with Crippen molar-refractivity contribution in [1.82, 2.24) is 4.98 Å². The van der Waals surface area contributed by atoms with E-state index in [2.05, 4.69) is 138 Å². The van der Waals surface area contributed by atoms with Crippen LogP contribution >= 0.6 is 23.1 Å². The van der Waals surface area contributed by atoms with Crippen LogP contribution in [0.2, 0.25) is 0 Å². The van der Waals surface area contributed by atoms with Gasteiger partial charge >= 0.3 is 0 Å². The molecule has 0 unspecified atom stereocenters. The van der Waals surface area contributed by atoms with Gasteiger partial charge in [0, 0.05) is 21.0 Å². The Bertz CT molecular complexity index is 1970. The highest BCUT2D eigenvalue weighted by Crippen LogP contribution is 2.52. The number of hydrogen-bond donors (Lipinski definition) is 0. The molecule has 0 spiro atoms. The Hall–Kier alpha value is -4.38. The third-order valence-electron chi connectivity index (χ3n) is 7.28. The molecule has 0 fully saturated rings. The van der Waals surface area contributed by atoms with Gasteiger partial charge in [0.05, 0.1) is 21.6 Å². The molecule has 2 heterocycles. The Balaban J connectivity index is 1.20. The minimum absolute atomic E-state index is 1.06. The lowest BCUT2D eigenvalue weighted by molar-refractivity contribution is 1.17. The first-order valence-electron chi connectivity index (χ1n) is 13.0. The molecule has 0 bridgehead atoms. The van der Waals surface area contributed by atoms with Crippen LogP contribution in [0.1, 0.15) is 0 Å². The first-order chi connectivity index (χ1) is 19.3. The van der Waals surface area contributed by atoms with Crippen LogP contribution in [0, 0.1) is 0 Å². The molecule has 0 atom stereocenters. The zero-order chi connectivity index (χ0) is 25.8. The van der Waals surface area contributed by atoms with Gasteiger partial charge in [-0.05, 0) is 82.6 Å². The Kier molecular flexibility index (Phi) is 5.28. The van der Waals surface area contributed by atoms with Gasteiger partial charge in [-0.2, -0.15) is 0 Å². The summed E-state index contributed by atoms with van der Waals surface area (Å²) in [6, 6.07) is 47.9. The van der Waals surface area contributed by atoms with Gasteiger partial charge in [-0.15, -0.1) is 11.3 Å². The van der Waals surface area contributed by atoms with E-state index < -0.39 is 0 Å². The van der Waals surface area contributed by atoms with Crippen molar-refractivity contribution >= 4 is 61.1 Å². The largest absolute Gasteiger partial charge is 0.308 e. The second-order valence-corrected chi connectivity index (χ2v) is 11.8. The second kappa shape index (κ2) is 9.12. The van der Waals surface area contributed by atoms with Crippen LogP contribution in [-0.4, -0.2) is 4.98 Å². The highest BCUT2D eigenvalue weighted by molar-refractivity contribution is 7.99. The average molecular weight is 535 g/mol. The molecule has 1 aromatic heterocycles. The topological polar surface area (TPSA) is 16.1 Å². The van der Waals surface area contributed by atoms with Gasteiger partial charge < -0.3 is 4.90 Å². The van der Waals surface area contributed by atoms with Crippen LogP contribution in [0.4, 0.5) is 17.1 Å². The summed E-state index contributed by atoms with van der Waals surface area (Å²) >= 11 is 3.58. The van der Waals surface area contributed by atoms with Gasteiger partial charge in [0.25, 0.3) is 0 Å². The van der Waals surface area contributed by atoms with E-state index in [1.807, 2.05) is 11.8 Å². The second-order valence-electron chi connectivity index (χ2n) is 9.68. The molecular weight excluding hydrogens is 513 g/mol. The lowest BCUT2D eigenvalue weighted by Crippen LogP contribution is -2.14. The predicted molar refractivity (Wildman–Crippen MR) is 167 cm³/mol. The molecule has 1 aliphatic heterocycles. The van der Waals surface area contributed by atoms with Crippen LogP contribution in [0.25, 0.3) is 42.7 Å². The van der Waals surface area contributed by atoms with Crippen molar-refractivity contribution in [3.63, 3.8) is 0 Å². The molecule has 0 saturated heterocycles. The number of thiazole rings is 1. The number of rotatable bonds is 3. The molecule has 0 N–H and O–H groups in total. The number of benzene rings is 6. The molecule has 39 heavy (non-hydrogen) atoms. The zero-order valence-corrected chi connectivity index (χ0v) is 22.5. The fourth-order valence-corrected chi connectivity index (χ4v) is 7.39. The molecule has 0 saturated carbocycles. The smallest absolute Gasteiger partial charge is 0.124 e. The first kappa shape index (κ1) is 22.6.